The van der Waals surface area contributed by atoms with Crippen molar-refractivity contribution >= 4 is 11.9 Å². The molecule has 0 aliphatic rings. The molecule has 0 spiro atoms. The minimum Gasteiger partial charge on any atom is -0.462 e. The van der Waals surface area contributed by atoms with Crippen molar-refractivity contribution in [3.63, 3.8) is 0 Å². The molecule has 52 heavy (non-hydrogen) atoms. The number of hydrogen-bond acceptors (Lipinski definition) is 5. The first-order valence-corrected chi connectivity index (χ1v) is 21.8. The number of hydrogen-bond donors (Lipinski definition) is 0. The minimum atomic E-state index is -0.549. The van der Waals surface area contributed by atoms with E-state index in [4.69, 9.17) is 14.2 Å². The van der Waals surface area contributed by atoms with E-state index in [1.165, 1.54) is 89.9 Å². The van der Waals surface area contributed by atoms with Crippen LogP contribution in [-0.2, 0) is 23.8 Å². The van der Waals surface area contributed by atoms with Gasteiger partial charge in [0.25, 0.3) is 0 Å². The summed E-state index contributed by atoms with van der Waals surface area (Å²) in [5.41, 5.74) is 0. The van der Waals surface area contributed by atoms with Crippen molar-refractivity contribution in [2.45, 2.75) is 207 Å². The summed E-state index contributed by atoms with van der Waals surface area (Å²) in [5, 5.41) is 0. The van der Waals surface area contributed by atoms with Crippen LogP contribution in [0.15, 0.2) is 60.8 Å². The van der Waals surface area contributed by atoms with Crippen LogP contribution in [0.2, 0.25) is 0 Å². The van der Waals surface area contributed by atoms with Crippen molar-refractivity contribution in [3.8, 4) is 0 Å². The lowest BCUT2D eigenvalue weighted by Crippen LogP contribution is -2.30. The largest absolute Gasteiger partial charge is 0.462 e. The van der Waals surface area contributed by atoms with Gasteiger partial charge in [0.1, 0.15) is 6.61 Å². The summed E-state index contributed by atoms with van der Waals surface area (Å²) in [6.07, 6.45) is 52.2. The zero-order chi connectivity index (χ0) is 37.8. The lowest BCUT2D eigenvalue weighted by Gasteiger charge is -2.18. The Hall–Kier alpha value is -2.40. The normalized spacial score (nSPS) is 12.8. The SMILES string of the molecule is CC/C=C\C/C=C\C/C=C\CCCCCC(=O)OCC(COCCCCCCCC/C=C\C/C=C\CCC)OC(=O)CCCCCCCCCCC. The lowest BCUT2D eigenvalue weighted by molar-refractivity contribution is -0.163. The summed E-state index contributed by atoms with van der Waals surface area (Å²) in [6.45, 7) is 7.58. The molecule has 300 valence electrons. The Balaban J connectivity index is 4.29. The minimum absolute atomic E-state index is 0.0658. The van der Waals surface area contributed by atoms with E-state index in [2.05, 4.69) is 81.5 Å². The second-order valence-electron chi connectivity index (χ2n) is 14.2. The van der Waals surface area contributed by atoms with Gasteiger partial charge < -0.3 is 14.2 Å². The third-order valence-electron chi connectivity index (χ3n) is 9.02. The molecule has 0 rings (SSSR count). The van der Waals surface area contributed by atoms with Crippen molar-refractivity contribution in [2.75, 3.05) is 19.8 Å². The van der Waals surface area contributed by atoms with Crippen molar-refractivity contribution in [2.24, 2.45) is 0 Å². The number of ether oxygens (including phenoxy) is 3. The van der Waals surface area contributed by atoms with Crippen LogP contribution < -0.4 is 0 Å². The van der Waals surface area contributed by atoms with Crippen LogP contribution in [0.4, 0.5) is 0 Å². The van der Waals surface area contributed by atoms with Gasteiger partial charge in [0.15, 0.2) is 6.10 Å². The Morgan fingerprint density at radius 2 is 0.904 bits per heavy atom. The molecule has 1 atom stereocenters. The first-order chi connectivity index (χ1) is 25.6. The van der Waals surface area contributed by atoms with E-state index in [1.54, 1.807) is 0 Å². The van der Waals surface area contributed by atoms with Crippen LogP contribution in [0.1, 0.15) is 201 Å². The highest BCUT2D eigenvalue weighted by Crippen LogP contribution is 2.13. The highest BCUT2D eigenvalue weighted by atomic mass is 16.6. The quantitative estimate of drug-likeness (QED) is 0.0358. The molecule has 0 amide bonds. The topological polar surface area (TPSA) is 61.8 Å². The number of carbonyl (C=O) groups excluding carboxylic acids is 2. The molecule has 0 bridgehead atoms. The van der Waals surface area contributed by atoms with Crippen LogP contribution in [-0.4, -0.2) is 37.9 Å². The monoisotopic (exact) mass is 727 g/mol. The number of unbranched alkanes of at least 4 members (excludes halogenated alkanes) is 18. The summed E-state index contributed by atoms with van der Waals surface area (Å²) in [5.74, 6) is -0.440. The molecule has 0 saturated carbocycles. The van der Waals surface area contributed by atoms with Gasteiger partial charge in [-0.05, 0) is 77.0 Å². The van der Waals surface area contributed by atoms with E-state index in [-0.39, 0.29) is 25.2 Å². The number of esters is 2. The van der Waals surface area contributed by atoms with E-state index in [9.17, 15) is 9.59 Å². The van der Waals surface area contributed by atoms with E-state index < -0.39 is 6.10 Å². The van der Waals surface area contributed by atoms with Crippen molar-refractivity contribution in [1.29, 1.82) is 0 Å². The number of allylic oxidation sites excluding steroid dienone is 10. The molecule has 0 heterocycles. The van der Waals surface area contributed by atoms with Gasteiger partial charge >= 0.3 is 11.9 Å². The van der Waals surface area contributed by atoms with Crippen molar-refractivity contribution in [3.05, 3.63) is 60.8 Å². The molecule has 0 aliphatic carbocycles. The smallest absolute Gasteiger partial charge is 0.306 e. The zero-order valence-corrected chi connectivity index (χ0v) is 34.3. The maximum Gasteiger partial charge on any atom is 0.306 e. The van der Waals surface area contributed by atoms with Gasteiger partial charge in [0, 0.05) is 19.4 Å². The molecule has 0 aliphatic heterocycles. The molecule has 0 fully saturated rings. The zero-order valence-electron chi connectivity index (χ0n) is 34.3. The van der Waals surface area contributed by atoms with Gasteiger partial charge in [-0.3, -0.25) is 9.59 Å². The molecule has 1 unspecified atom stereocenters. The second kappa shape index (κ2) is 43.0. The molecule has 0 radical (unpaired) electrons. The summed E-state index contributed by atoms with van der Waals surface area (Å²) >= 11 is 0. The Morgan fingerprint density at radius 3 is 1.48 bits per heavy atom. The molecule has 0 aromatic rings. The highest BCUT2D eigenvalue weighted by Gasteiger charge is 2.17. The summed E-state index contributed by atoms with van der Waals surface area (Å²) < 4.78 is 17.2. The van der Waals surface area contributed by atoms with Crippen LogP contribution in [0, 0.1) is 0 Å². The fraction of sp³-hybridized carbons (Fsp3) is 0.745. The van der Waals surface area contributed by atoms with Gasteiger partial charge in [-0.25, -0.2) is 0 Å². The number of carbonyl (C=O) groups is 2. The molecule has 0 aromatic carbocycles. The Morgan fingerprint density at radius 1 is 0.442 bits per heavy atom. The van der Waals surface area contributed by atoms with E-state index >= 15 is 0 Å². The average Bonchev–Trinajstić information content (AvgIpc) is 3.14. The highest BCUT2D eigenvalue weighted by molar-refractivity contribution is 5.70. The summed E-state index contributed by atoms with van der Waals surface area (Å²) in [4.78, 5) is 25.1. The van der Waals surface area contributed by atoms with Gasteiger partial charge in [0.2, 0.25) is 0 Å². The predicted octanol–water partition coefficient (Wildman–Crippen LogP) is 14.2. The molecule has 0 aromatic heterocycles. The fourth-order valence-corrected chi connectivity index (χ4v) is 5.80. The van der Waals surface area contributed by atoms with Gasteiger partial charge in [-0.15, -0.1) is 0 Å². The van der Waals surface area contributed by atoms with Gasteiger partial charge in [-0.2, -0.15) is 0 Å². The van der Waals surface area contributed by atoms with Crippen LogP contribution in [0.5, 0.6) is 0 Å². The third kappa shape index (κ3) is 40.4. The third-order valence-corrected chi connectivity index (χ3v) is 9.02. The van der Waals surface area contributed by atoms with Crippen LogP contribution in [0.25, 0.3) is 0 Å². The molecule has 0 saturated heterocycles. The van der Waals surface area contributed by atoms with Crippen LogP contribution in [0.3, 0.4) is 0 Å². The summed E-state index contributed by atoms with van der Waals surface area (Å²) in [6, 6.07) is 0. The fourth-order valence-electron chi connectivity index (χ4n) is 5.80. The molecule has 5 heteroatoms. The Labute approximate surface area is 322 Å². The maximum absolute atomic E-state index is 12.6. The Kier molecular flexibility index (Phi) is 41.0. The first-order valence-electron chi connectivity index (χ1n) is 21.8. The molecular weight excluding hydrogens is 645 g/mol. The summed E-state index contributed by atoms with van der Waals surface area (Å²) in [7, 11) is 0. The lowest BCUT2D eigenvalue weighted by atomic mass is 10.1. The predicted molar refractivity (Wildman–Crippen MR) is 224 cm³/mol. The second-order valence-corrected chi connectivity index (χ2v) is 14.2. The van der Waals surface area contributed by atoms with Crippen molar-refractivity contribution < 1.29 is 23.8 Å². The van der Waals surface area contributed by atoms with Crippen LogP contribution >= 0.6 is 0 Å². The number of rotatable bonds is 39. The Bertz CT molecular complexity index is 915. The molecule has 0 N–H and O–H groups in total. The van der Waals surface area contributed by atoms with Gasteiger partial charge in [0.05, 0.1) is 6.61 Å². The van der Waals surface area contributed by atoms with E-state index in [0.717, 1.165) is 77.0 Å². The standard InChI is InChI=1S/C47H82O5/c1-4-7-10-13-16-19-21-23-25-27-30-33-36-39-42-50-43-45(52-47(49)41-38-35-32-28-18-15-12-9-6-3)44-51-46(48)40-37-34-31-29-26-24-22-20-17-14-11-8-5-2/h8,10-11,13,17,19-21,24,26,45H,4-7,9,12,14-16,18,22-23,25,27-44H2,1-3H3/b11-8-,13-10-,20-17-,21-19-,26-24-. The maximum atomic E-state index is 12.6. The van der Waals surface area contributed by atoms with Gasteiger partial charge in [-0.1, -0.05) is 171 Å². The van der Waals surface area contributed by atoms with E-state index in [1.807, 2.05) is 0 Å². The molecule has 5 nitrogen and oxygen atoms in total. The van der Waals surface area contributed by atoms with E-state index in [0.29, 0.717) is 19.4 Å². The molecular formula is C47H82O5. The average molecular weight is 727 g/mol. The van der Waals surface area contributed by atoms with Crippen molar-refractivity contribution in [1.82, 2.24) is 0 Å². The first kappa shape index (κ1) is 49.6.